The summed E-state index contributed by atoms with van der Waals surface area (Å²) < 4.78 is 5.14. The Kier molecular flexibility index (Phi) is 5.81. The molecule has 0 aliphatic carbocycles. The van der Waals surface area contributed by atoms with Gasteiger partial charge in [0, 0.05) is 11.8 Å². The predicted octanol–water partition coefficient (Wildman–Crippen LogP) is 0.617. The van der Waals surface area contributed by atoms with Gasteiger partial charge >= 0.3 is 0 Å². The van der Waals surface area contributed by atoms with Crippen molar-refractivity contribution < 1.29 is 14.3 Å². The molecule has 0 unspecified atom stereocenters. The van der Waals surface area contributed by atoms with Crippen LogP contribution in [0, 0.1) is 0 Å². The number of hydrogen-bond acceptors (Lipinski definition) is 4. The Hall–Kier alpha value is -2.08. The summed E-state index contributed by atoms with van der Waals surface area (Å²) in [5, 5.41) is 2.69. The fraction of sp³-hybridized carbons (Fsp3) is 0.385. The topological polar surface area (TPSA) is 107 Å². The van der Waals surface area contributed by atoms with Gasteiger partial charge in [-0.25, -0.2) is 0 Å². The average Bonchev–Trinajstić information content (AvgIpc) is 2.37. The van der Waals surface area contributed by atoms with E-state index < -0.39 is 11.9 Å². The van der Waals surface area contributed by atoms with Crippen molar-refractivity contribution in [1.29, 1.82) is 0 Å². The van der Waals surface area contributed by atoms with E-state index >= 15 is 0 Å². The highest BCUT2D eigenvalue weighted by atomic mass is 16.5. The van der Waals surface area contributed by atoms with Crippen molar-refractivity contribution in [2.24, 2.45) is 11.5 Å². The molecule has 1 aromatic carbocycles. The molecule has 19 heavy (non-hydrogen) atoms. The summed E-state index contributed by atoms with van der Waals surface area (Å²) in [7, 11) is 0. The summed E-state index contributed by atoms with van der Waals surface area (Å²) in [4.78, 5) is 22.3. The van der Waals surface area contributed by atoms with Gasteiger partial charge in [0.15, 0.2) is 6.61 Å². The number of anilines is 1. The molecule has 0 fully saturated rings. The average molecular weight is 265 g/mol. The molecule has 0 bridgehead atoms. The van der Waals surface area contributed by atoms with Gasteiger partial charge in [0.25, 0.3) is 5.91 Å². The molecular weight excluding hydrogens is 246 g/mol. The lowest BCUT2D eigenvalue weighted by Gasteiger charge is -2.12. The van der Waals surface area contributed by atoms with Gasteiger partial charge in [-0.05, 0) is 18.6 Å². The number of rotatable bonds is 7. The molecule has 0 aliphatic heterocycles. The van der Waals surface area contributed by atoms with Crippen LogP contribution in [0.15, 0.2) is 24.3 Å². The quantitative estimate of drug-likeness (QED) is 0.671. The summed E-state index contributed by atoms with van der Waals surface area (Å²) in [6.07, 6.45) is 1.47. The number of primary amides is 1. The lowest BCUT2D eigenvalue weighted by atomic mass is 10.1. The molecule has 1 rings (SSSR count). The Labute approximate surface area is 112 Å². The highest BCUT2D eigenvalue weighted by molar-refractivity contribution is 5.94. The zero-order chi connectivity index (χ0) is 14.3. The number of nitrogens with one attached hydrogen (secondary N) is 1. The molecule has 2 amide bonds. The van der Waals surface area contributed by atoms with E-state index in [4.69, 9.17) is 16.2 Å². The first-order chi connectivity index (χ1) is 9.02. The van der Waals surface area contributed by atoms with Crippen molar-refractivity contribution in [2.75, 3.05) is 11.9 Å². The minimum absolute atomic E-state index is 0.202. The van der Waals surface area contributed by atoms with Gasteiger partial charge < -0.3 is 21.5 Å². The second kappa shape index (κ2) is 7.38. The first kappa shape index (κ1) is 15.0. The highest BCUT2D eigenvalue weighted by Gasteiger charge is 2.12. The van der Waals surface area contributed by atoms with Crippen LogP contribution in [-0.4, -0.2) is 24.5 Å². The fourth-order valence-electron chi connectivity index (χ4n) is 1.50. The molecule has 0 aliphatic rings. The predicted molar refractivity (Wildman–Crippen MR) is 72.6 cm³/mol. The second-order valence-electron chi connectivity index (χ2n) is 4.17. The highest BCUT2D eigenvalue weighted by Crippen LogP contribution is 2.17. The summed E-state index contributed by atoms with van der Waals surface area (Å²) in [6, 6.07) is 6.18. The lowest BCUT2D eigenvalue weighted by molar-refractivity contribution is -0.120. The molecule has 0 spiro atoms. The lowest BCUT2D eigenvalue weighted by Crippen LogP contribution is -2.35. The number of benzene rings is 1. The van der Waals surface area contributed by atoms with Crippen molar-refractivity contribution in [3.8, 4) is 5.75 Å². The molecule has 6 nitrogen and oxygen atoms in total. The van der Waals surface area contributed by atoms with Gasteiger partial charge in [0.05, 0.1) is 6.04 Å². The standard InChI is InChI=1S/C13H19N3O3/c1-2-4-11(14)13(18)16-9-5-3-6-10(7-9)19-8-12(15)17/h3,5-7,11H,2,4,8,14H2,1H3,(H2,15,17)(H,16,18)/t11-/m1/s1. The maximum atomic E-state index is 11.7. The molecular formula is C13H19N3O3. The van der Waals surface area contributed by atoms with Gasteiger partial charge in [0.1, 0.15) is 5.75 Å². The van der Waals surface area contributed by atoms with Crippen molar-refractivity contribution in [3.05, 3.63) is 24.3 Å². The van der Waals surface area contributed by atoms with E-state index in [0.717, 1.165) is 6.42 Å². The molecule has 0 saturated heterocycles. The van der Waals surface area contributed by atoms with Crippen LogP contribution < -0.4 is 21.5 Å². The fourth-order valence-corrected chi connectivity index (χ4v) is 1.50. The minimum atomic E-state index is -0.556. The zero-order valence-corrected chi connectivity index (χ0v) is 10.9. The van der Waals surface area contributed by atoms with E-state index in [1.165, 1.54) is 0 Å². The molecule has 6 heteroatoms. The molecule has 0 saturated carbocycles. The Morgan fingerprint density at radius 1 is 1.42 bits per heavy atom. The smallest absolute Gasteiger partial charge is 0.255 e. The van der Waals surface area contributed by atoms with Gasteiger partial charge in [-0.15, -0.1) is 0 Å². The largest absolute Gasteiger partial charge is 0.484 e. The van der Waals surface area contributed by atoms with Crippen LogP contribution in [0.25, 0.3) is 0 Å². The molecule has 1 atom stereocenters. The van der Waals surface area contributed by atoms with Gasteiger partial charge in [-0.1, -0.05) is 19.4 Å². The molecule has 0 heterocycles. The first-order valence-electron chi connectivity index (χ1n) is 6.10. The Balaban J connectivity index is 2.61. The molecule has 104 valence electrons. The summed E-state index contributed by atoms with van der Waals surface area (Å²) >= 11 is 0. The third-order valence-electron chi connectivity index (χ3n) is 2.42. The number of ether oxygens (including phenoxy) is 1. The van der Waals surface area contributed by atoms with Crippen LogP contribution in [-0.2, 0) is 9.59 Å². The minimum Gasteiger partial charge on any atom is -0.484 e. The van der Waals surface area contributed by atoms with E-state index in [-0.39, 0.29) is 12.5 Å². The van der Waals surface area contributed by atoms with Crippen LogP contribution in [0.2, 0.25) is 0 Å². The first-order valence-corrected chi connectivity index (χ1v) is 6.10. The van der Waals surface area contributed by atoms with Gasteiger partial charge in [-0.2, -0.15) is 0 Å². The summed E-state index contributed by atoms with van der Waals surface area (Å²) in [5.41, 5.74) is 11.3. The Morgan fingerprint density at radius 2 is 2.16 bits per heavy atom. The van der Waals surface area contributed by atoms with Crippen LogP contribution in [0.3, 0.4) is 0 Å². The monoisotopic (exact) mass is 265 g/mol. The van der Waals surface area contributed by atoms with E-state index in [1.807, 2.05) is 6.92 Å². The Bertz CT molecular complexity index is 449. The number of carbonyl (C=O) groups is 2. The van der Waals surface area contributed by atoms with E-state index in [9.17, 15) is 9.59 Å². The summed E-state index contributed by atoms with van der Waals surface area (Å²) in [5.74, 6) is -0.339. The van der Waals surface area contributed by atoms with Crippen molar-refractivity contribution in [1.82, 2.24) is 0 Å². The van der Waals surface area contributed by atoms with E-state index in [2.05, 4.69) is 5.32 Å². The van der Waals surface area contributed by atoms with Gasteiger partial charge in [-0.3, -0.25) is 9.59 Å². The normalized spacial score (nSPS) is 11.7. The van der Waals surface area contributed by atoms with E-state index in [1.54, 1.807) is 24.3 Å². The number of hydrogen-bond donors (Lipinski definition) is 3. The molecule has 1 aromatic rings. The third-order valence-corrected chi connectivity index (χ3v) is 2.42. The Morgan fingerprint density at radius 3 is 2.79 bits per heavy atom. The van der Waals surface area contributed by atoms with Crippen LogP contribution in [0.4, 0.5) is 5.69 Å². The van der Waals surface area contributed by atoms with Crippen LogP contribution >= 0.6 is 0 Å². The van der Waals surface area contributed by atoms with Crippen molar-refractivity contribution in [2.45, 2.75) is 25.8 Å². The van der Waals surface area contributed by atoms with E-state index in [0.29, 0.717) is 17.9 Å². The maximum Gasteiger partial charge on any atom is 0.255 e. The molecule has 0 radical (unpaired) electrons. The van der Waals surface area contributed by atoms with Crippen molar-refractivity contribution >= 4 is 17.5 Å². The SMILES string of the molecule is CCC[C@@H](N)C(=O)Nc1cccc(OCC(N)=O)c1. The van der Waals surface area contributed by atoms with Crippen LogP contribution in [0.1, 0.15) is 19.8 Å². The number of amides is 2. The molecule has 5 N–H and O–H groups in total. The van der Waals surface area contributed by atoms with Crippen molar-refractivity contribution in [3.63, 3.8) is 0 Å². The second-order valence-corrected chi connectivity index (χ2v) is 4.17. The van der Waals surface area contributed by atoms with Gasteiger partial charge in [0.2, 0.25) is 5.91 Å². The third kappa shape index (κ3) is 5.39. The number of carbonyl (C=O) groups excluding carboxylic acids is 2. The van der Waals surface area contributed by atoms with Crippen LogP contribution in [0.5, 0.6) is 5.75 Å². The number of nitrogens with two attached hydrogens (primary N) is 2. The zero-order valence-electron chi connectivity index (χ0n) is 10.9. The molecule has 0 aromatic heterocycles. The maximum absolute atomic E-state index is 11.7. The summed E-state index contributed by atoms with van der Waals surface area (Å²) in [6.45, 7) is 1.76.